The van der Waals surface area contributed by atoms with Gasteiger partial charge in [-0.05, 0) is 73.5 Å². The molecular weight excluding hydrogens is 398 g/mol. The van der Waals surface area contributed by atoms with Crippen molar-refractivity contribution in [1.29, 1.82) is 0 Å². The standard InChI is InChI=1S/C27H31N3O2/c1-32-25-9-5-2-6-20(25)10-15-29-26(31)23-18-27(23)12-16-30(17-13-27)19-21-11-14-28-24-8-4-3-7-22(21)24/h2-9,11,14,23H,10,12-13,15-19H2,1H3,(H,29,31). The Kier molecular flexibility index (Phi) is 5.83. The van der Waals surface area contributed by atoms with E-state index in [4.69, 9.17) is 4.74 Å². The number of benzene rings is 2. The summed E-state index contributed by atoms with van der Waals surface area (Å²) in [5, 5.41) is 4.42. The fourth-order valence-corrected chi connectivity index (χ4v) is 5.31. The predicted molar refractivity (Wildman–Crippen MR) is 127 cm³/mol. The van der Waals surface area contributed by atoms with Crippen LogP contribution in [0.4, 0.5) is 0 Å². The van der Waals surface area contributed by atoms with Gasteiger partial charge in [-0.25, -0.2) is 0 Å². The van der Waals surface area contributed by atoms with Crippen LogP contribution in [0.15, 0.2) is 60.8 Å². The maximum atomic E-state index is 12.8. The summed E-state index contributed by atoms with van der Waals surface area (Å²) in [5.41, 5.74) is 3.77. The van der Waals surface area contributed by atoms with Crippen LogP contribution in [-0.2, 0) is 17.8 Å². The lowest BCUT2D eigenvalue weighted by molar-refractivity contribution is -0.123. The Morgan fingerprint density at radius 3 is 2.72 bits per heavy atom. The van der Waals surface area contributed by atoms with Gasteiger partial charge in [0.15, 0.2) is 0 Å². The van der Waals surface area contributed by atoms with Gasteiger partial charge in [0.25, 0.3) is 0 Å². The van der Waals surface area contributed by atoms with Crippen LogP contribution in [0.3, 0.4) is 0 Å². The van der Waals surface area contributed by atoms with Crippen LogP contribution in [0.25, 0.3) is 10.9 Å². The molecule has 1 unspecified atom stereocenters. The molecule has 1 aliphatic heterocycles. The molecule has 0 bridgehead atoms. The highest BCUT2D eigenvalue weighted by molar-refractivity contribution is 5.83. The number of nitrogens with zero attached hydrogens (tertiary/aromatic N) is 2. The Hall–Kier alpha value is -2.92. The summed E-state index contributed by atoms with van der Waals surface area (Å²) in [6.07, 6.45) is 5.97. The molecule has 1 aromatic heterocycles. The molecule has 1 saturated carbocycles. The van der Waals surface area contributed by atoms with Gasteiger partial charge in [0, 0.05) is 30.6 Å². The lowest BCUT2D eigenvalue weighted by Crippen LogP contribution is -2.37. The molecule has 3 aromatic rings. The molecule has 1 saturated heterocycles. The predicted octanol–water partition coefficient (Wildman–Crippen LogP) is 4.20. The fourth-order valence-electron chi connectivity index (χ4n) is 5.31. The lowest BCUT2D eigenvalue weighted by Gasteiger charge is -2.33. The average Bonchev–Trinajstić information content (AvgIpc) is 3.54. The third kappa shape index (κ3) is 4.22. The average molecular weight is 430 g/mol. The summed E-state index contributed by atoms with van der Waals surface area (Å²) >= 11 is 0. The molecule has 1 atom stereocenters. The zero-order valence-corrected chi connectivity index (χ0v) is 18.7. The zero-order valence-electron chi connectivity index (χ0n) is 18.7. The number of aromatic nitrogens is 1. The maximum Gasteiger partial charge on any atom is 0.223 e. The van der Waals surface area contributed by atoms with Crippen molar-refractivity contribution < 1.29 is 9.53 Å². The van der Waals surface area contributed by atoms with E-state index >= 15 is 0 Å². The van der Waals surface area contributed by atoms with Crippen LogP contribution in [-0.4, -0.2) is 42.5 Å². The molecule has 2 aromatic carbocycles. The number of nitrogens with one attached hydrogen (secondary N) is 1. The maximum absolute atomic E-state index is 12.8. The molecule has 1 N–H and O–H groups in total. The van der Waals surface area contributed by atoms with Gasteiger partial charge >= 0.3 is 0 Å². The van der Waals surface area contributed by atoms with E-state index in [0.29, 0.717) is 6.54 Å². The van der Waals surface area contributed by atoms with Gasteiger partial charge in [-0.1, -0.05) is 36.4 Å². The number of para-hydroxylation sites is 2. The van der Waals surface area contributed by atoms with Crippen LogP contribution >= 0.6 is 0 Å². The van der Waals surface area contributed by atoms with Gasteiger partial charge in [0.05, 0.1) is 12.6 Å². The summed E-state index contributed by atoms with van der Waals surface area (Å²) in [5.74, 6) is 1.30. The number of rotatable bonds is 7. The number of carbonyl (C=O) groups is 1. The first kappa shape index (κ1) is 21.0. The summed E-state index contributed by atoms with van der Waals surface area (Å²) in [7, 11) is 1.69. The first-order valence-electron chi connectivity index (χ1n) is 11.6. The molecular formula is C27H31N3O2. The van der Waals surface area contributed by atoms with Crippen molar-refractivity contribution >= 4 is 16.8 Å². The third-order valence-electron chi connectivity index (χ3n) is 7.38. The molecule has 1 aliphatic carbocycles. The van der Waals surface area contributed by atoms with E-state index in [1.54, 1.807) is 7.11 Å². The summed E-state index contributed by atoms with van der Waals surface area (Å²) in [6, 6.07) is 18.5. The van der Waals surface area contributed by atoms with E-state index in [2.05, 4.69) is 45.5 Å². The largest absolute Gasteiger partial charge is 0.496 e. The normalized spacial score (nSPS) is 19.7. The Labute approximate surface area is 189 Å². The minimum absolute atomic E-state index is 0.184. The summed E-state index contributed by atoms with van der Waals surface area (Å²) in [4.78, 5) is 19.8. The SMILES string of the molecule is COc1ccccc1CCNC(=O)C1CC12CCN(Cc1ccnc3ccccc13)CC2. The van der Waals surface area contributed by atoms with Crippen molar-refractivity contribution in [3.63, 3.8) is 0 Å². The second kappa shape index (κ2) is 8.91. The number of amides is 1. The van der Waals surface area contributed by atoms with Crippen molar-refractivity contribution in [2.45, 2.75) is 32.2 Å². The Morgan fingerprint density at radius 2 is 1.88 bits per heavy atom. The van der Waals surface area contributed by atoms with Gasteiger partial charge in [-0.2, -0.15) is 0 Å². The Morgan fingerprint density at radius 1 is 1.09 bits per heavy atom. The first-order chi connectivity index (χ1) is 15.7. The molecule has 5 nitrogen and oxygen atoms in total. The zero-order chi connectivity index (χ0) is 22.0. The second-order valence-corrected chi connectivity index (χ2v) is 9.24. The summed E-state index contributed by atoms with van der Waals surface area (Å²) < 4.78 is 5.41. The number of methoxy groups -OCH3 is 1. The minimum Gasteiger partial charge on any atom is -0.496 e. The first-order valence-corrected chi connectivity index (χ1v) is 11.6. The number of piperidine rings is 1. The highest BCUT2D eigenvalue weighted by atomic mass is 16.5. The number of hydrogen-bond acceptors (Lipinski definition) is 4. The smallest absolute Gasteiger partial charge is 0.223 e. The van der Waals surface area contributed by atoms with E-state index in [0.717, 1.165) is 62.1 Å². The van der Waals surface area contributed by atoms with Crippen LogP contribution in [0.2, 0.25) is 0 Å². The Balaban J connectivity index is 1.11. The number of likely N-dealkylation sites (tertiary alicyclic amines) is 1. The van der Waals surface area contributed by atoms with Crippen LogP contribution in [0.5, 0.6) is 5.75 Å². The van der Waals surface area contributed by atoms with Crippen molar-refractivity contribution in [2.24, 2.45) is 11.3 Å². The molecule has 5 rings (SSSR count). The van der Waals surface area contributed by atoms with Gasteiger partial charge in [0.1, 0.15) is 5.75 Å². The summed E-state index contributed by atoms with van der Waals surface area (Å²) in [6.45, 7) is 3.73. The number of ether oxygens (including phenoxy) is 1. The van der Waals surface area contributed by atoms with Gasteiger partial charge in [-0.15, -0.1) is 0 Å². The number of pyridine rings is 1. The third-order valence-corrected chi connectivity index (χ3v) is 7.38. The molecule has 1 spiro atoms. The number of hydrogen-bond donors (Lipinski definition) is 1. The van der Waals surface area contributed by atoms with Gasteiger partial charge < -0.3 is 10.1 Å². The van der Waals surface area contributed by atoms with Crippen molar-refractivity contribution in [3.8, 4) is 5.75 Å². The molecule has 1 amide bonds. The van der Waals surface area contributed by atoms with Crippen molar-refractivity contribution in [2.75, 3.05) is 26.7 Å². The van der Waals surface area contributed by atoms with Gasteiger partial charge in [-0.3, -0.25) is 14.7 Å². The van der Waals surface area contributed by atoms with E-state index in [9.17, 15) is 4.79 Å². The molecule has 5 heteroatoms. The van der Waals surface area contributed by atoms with E-state index in [-0.39, 0.29) is 17.2 Å². The Bertz CT molecular complexity index is 1100. The fraction of sp³-hybridized carbons (Fsp3) is 0.407. The van der Waals surface area contributed by atoms with Crippen molar-refractivity contribution in [3.05, 3.63) is 71.9 Å². The highest BCUT2D eigenvalue weighted by Gasteiger charge is 2.58. The highest BCUT2D eigenvalue weighted by Crippen LogP contribution is 2.59. The number of carbonyl (C=O) groups excluding carboxylic acids is 1. The second-order valence-electron chi connectivity index (χ2n) is 9.24. The molecule has 32 heavy (non-hydrogen) atoms. The minimum atomic E-state index is 0.184. The molecule has 2 fully saturated rings. The van der Waals surface area contributed by atoms with Crippen LogP contribution in [0.1, 0.15) is 30.4 Å². The molecule has 2 heterocycles. The van der Waals surface area contributed by atoms with E-state index in [1.807, 2.05) is 30.5 Å². The van der Waals surface area contributed by atoms with Crippen molar-refractivity contribution in [1.82, 2.24) is 15.2 Å². The van der Waals surface area contributed by atoms with Crippen LogP contribution < -0.4 is 10.1 Å². The molecule has 0 radical (unpaired) electrons. The lowest BCUT2D eigenvalue weighted by atomic mass is 9.90. The van der Waals surface area contributed by atoms with E-state index in [1.165, 1.54) is 10.9 Å². The van der Waals surface area contributed by atoms with E-state index < -0.39 is 0 Å². The quantitative estimate of drug-likeness (QED) is 0.612. The topological polar surface area (TPSA) is 54.5 Å². The molecule has 166 valence electrons. The monoisotopic (exact) mass is 429 g/mol. The molecule has 2 aliphatic rings. The van der Waals surface area contributed by atoms with Crippen LogP contribution in [0, 0.1) is 11.3 Å². The number of fused-ring (bicyclic) bond motifs is 1. The van der Waals surface area contributed by atoms with Gasteiger partial charge in [0.2, 0.25) is 5.91 Å².